The van der Waals surface area contributed by atoms with E-state index in [4.69, 9.17) is 0 Å². The van der Waals surface area contributed by atoms with Crippen molar-refractivity contribution in [1.82, 2.24) is 9.78 Å². The van der Waals surface area contributed by atoms with E-state index in [1.807, 2.05) is 47.3 Å². The smallest absolute Gasteiger partial charge is 0.116 e. The van der Waals surface area contributed by atoms with Crippen LogP contribution >= 0.6 is 0 Å². The molecule has 0 saturated heterocycles. The minimum atomic E-state index is -1.21. The Hall–Kier alpha value is -2.40. The van der Waals surface area contributed by atoms with Crippen LogP contribution in [0.15, 0.2) is 71.8 Å². The zero-order chi connectivity index (χ0) is 15.4. The molecule has 1 N–H and O–H groups in total. The van der Waals surface area contributed by atoms with Crippen LogP contribution in [0, 0.1) is 0 Å². The summed E-state index contributed by atoms with van der Waals surface area (Å²) in [6.07, 6.45) is 1.89. The van der Waals surface area contributed by atoms with Gasteiger partial charge in [0.25, 0.3) is 0 Å². The number of phenolic OH excluding ortho intramolecular Hbond substituents is 1. The summed E-state index contributed by atoms with van der Waals surface area (Å²) in [6, 6.07) is 18.5. The topological polar surface area (TPSA) is 55.1 Å². The quantitative estimate of drug-likeness (QED) is 0.788. The molecule has 0 aliphatic heterocycles. The third kappa shape index (κ3) is 3.62. The average molecular weight is 312 g/mol. The highest BCUT2D eigenvalue weighted by molar-refractivity contribution is 7.84. The second-order valence-corrected chi connectivity index (χ2v) is 6.43. The van der Waals surface area contributed by atoms with E-state index >= 15 is 0 Å². The Morgan fingerprint density at radius 3 is 2.64 bits per heavy atom. The van der Waals surface area contributed by atoms with E-state index in [0.29, 0.717) is 17.2 Å². The molecule has 0 aliphatic rings. The molecule has 1 unspecified atom stereocenters. The predicted octanol–water partition coefficient (Wildman–Crippen LogP) is 2.94. The zero-order valence-corrected chi connectivity index (χ0v) is 12.7. The number of hydrogen-bond acceptors (Lipinski definition) is 3. The van der Waals surface area contributed by atoms with Gasteiger partial charge < -0.3 is 5.11 Å². The van der Waals surface area contributed by atoms with Gasteiger partial charge in [0.05, 0.1) is 28.8 Å². The van der Waals surface area contributed by atoms with Crippen molar-refractivity contribution in [3.05, 3.63) is 78.1 Å². The summed E-state index contributed by atoms with van der Waals surface area (Å²) in [5, 5.41) is 13.9. The summed E-state index contributed by atoms with van der Waals surface area (Å²) in [4.78, 5) is 0.609. The van der Waals surface area contributed by atoms with Crippen molar-refractivity contribution in [2.75, 3.05) is 0 Å². The molecule has 1 heterocycles. The van der Waals surface area contributed by atoms with Gasteiger partial charge in [-0.2, -0.15) is 5.10 Å². The molecule has 112 valence electrons. The van der Waals surface area contributed by atoms with Crippen molar-refractivity contribution < 1.29 is 9.32 Å². The molecule has 0 amide bonds. The van der Waals surface area contributed by atoms with E-state index < -0.39 is 10.8 Å². The van der Waals surface area contributed by atoms with Crippen LogP contribution in [0.5, 0.6) is 5.75 Å². The molecule has 22 heavy (non-hydrogen) atoms. The van der Waals surface area contributed by atoms with Gasteiger partial charge in [-0.05, 0) is 29.8 Å². The zero-order valence-electron chi connectivity index (χ0n) is 11.9. The Balaban J connectivity index is 1.68. The van der Waals surface area contributed by atoms with Crippen molar-refractivity contribution in [3.8, 4) is 5.75 Å². The monoisotopic (exact) mass is 312 g/mol. The van der Waals surface area contributed by atoms with Crippen LogP contribution in [0.25, 0.3) is 0 Å². The molecule has 1 atom stereocenters. The highest BCUT2D eigenvalue weighted by atomic mass is 32.2. The highest BCUT2D eigenvalue weighted by Crippen LogP contribution is 2.17. The predicted molar refractivity (Wildman–Crippen MR) is 86.0 cm³/mol. The first-order chi connectivity index (χ1) is 10.7. The van der Waals surface area contributed by atoms with Gasteiger partial charge in [0.1, 0.15) is 5.75 Å². The van der Waals surface area contributed by atoms with E-state index in [9.17, 15) is 9.32 Å². The fourth-order valence-electron chi connectivity index (χ4n) is 2.18. The Labute approximate surface area is 131 Å². The minimum absolute atomic E-state index is 0.125. The Kier molecular flexibility index (Phi) is 4.34. The van der Waals surface area contributed by atoms with Crippen LogP contribution < -0.4 is 0 Å². The summed E-state index contributed by atoms with van der Waals surface area (Å²) in [5.74, 6) is 0.464. The first-order valence-electron chi connectivity index (χ1n) is 6.94. The second-order valence-electron chi connectivity index (χ2n) is 4.98. The lowest BCUT2D eigenvalue weighted by atomic mass is 10.2. The molecule has 2 aromatic carbocycles. The van der Waals surface area contributed by atoms with Gasteiger partial charge in [0.2, 0.25) is 0 Å². The van der Waals surface area contributed by atoms with E-state index in [-0.39, 0.29) is 5.75 Å². The standard InChI is InChI=1S/C17H16N2O2S/c20-16-7-4-8-17(11-16)22(21)13-15-9-10-19(18-15)12-14-5-2-1-3-6-14/h1-11,20H,12-13H2. The Bertz CT molecular complexity index is 784. The summed E-state index contributed by atoms with van der Waals surface area (Å²) in [5.41, 5.74) is 1.95. The van der Waals surface area contributed by atoms with E-state index in [1.54, 1.807) is 18.2 Å². The van der Waals surface area contributed by atoms with Gasteiger partial charge in [-0.25, -0.2) is 0 Å². The molecule has 0 aliphatic carbocycles. The molecule has 3 rings (SSSR count). The first-order valence-corrected chi connectivity index (χ1v) is 8.26. The third-order valence-corrected chi connectivity index (χ3v) is 4.58. The molecule has 0 fully saturated rings. The number of aromatic hydroxyl groups is 1. The van der Waals surface area contributed by atoms with Crippen LogP contribution in [0.3, 0.4) is 0 Å². The van der Waals surface area contributed by atoms with E-state index in [2.05, 4.69) is 5.10 Å². The number of rotatable bonds is 5. The summed E-state index contributed by atoms with van der Waals surface area (Å²) in [6.45, 7) is 0.694. The van der Waals surface area contributed by atoms with E-state index in [1.165, 1.54) is 11.6 Å². The van der Waals surface area contributed by atoms with Gasteiger partial charge in [0, 0.05) is 11.1 Å². The van der Waals surface area contributed by atoms with Crippen LogP contribution in [0.4, 0.5) is 0 Å². The molecule has 0 spiro atoms. The van der Waals surface area contributed by atoms with Crippen molar-refractivity contribution >= 4 is 10.8 Å². The van der Waals surface area contributed by atoms with Crippen LogP contribution in [-0.2, 0) is 23.1 Å². The van der Waals surface area contributed by atoms with Crippen molar-refractivity contribution in [2.24, 2.45) is 0 Å². The van der Waals surface area contributed by atoms with Gasteiger partial charge in [-0.1, -0.05) is 36.4 Å². The van der Waals surface area contributed by atoms with Gasteiger partial charge >= 0.3 is 0 Å². The largest absolute Gasteiger partial charge is 0.508 e. The lowest BCUT2D eigenvalue weighted by Gasteiger charge is -2.02. The van der Waals surface area contributed by atoms with Gasteiger partial charge in [0.15, 0.2) is 0 Å². The summed E-state index contributed by atoms with van der Waals surface area (Å²) >= 11 is 0. The van der Waals surface area contributed by atoms with Crippen LogP contribution in [0.2, 0.25) is 0 Å². The number of aromatic nitrogens is 2. The molecule has 0 radical (unpaired) electrons. The molecule has 5 heteroatoms. The lowest BCUT2D eigenvalue weighted by Crippen LogP contribution is -2.02. The second kappa shape index (κ2) is 6.58. The Morgan fingerprint density at radius 1 is 1.05 bits per heavy atom. The highest BCUT2D eigenvalue weighted by Gasteiger charge is 2.08. The molecular formula is C17H16N2O2S. The number of hydrogen-bond donors (Lipinski definition) is 1. The Morgan fingerprint density at radius 2 is 1.86 bits per heavy atom. The van der Waals surface area contributed by atoms with E-state index in [0.717, 1.165) is 5.69 Å². The van der Waals surface area contributed by atoms with Gasteiger partial charge in [-0.15, -0.1) is 0 Å². The summed E-state index contributed by atoms with van der Waals surface area (Å²) in [7, 11) is -1.21. The maximum absolute atomic E-state index is 12.3. The maximum Gasteiger partial charge on any atom is 0.116 e. The van der Waals surface area contributed by atoms with Crippen molar-refractivity contribution in [2.45, 2.75) is 17.2 Å². The fourth-order valence-corrected chi connectivity index (χ4v) is 3.25. The first kappa shape index (κ1) is 14.5. The normalized spacial score (nSPS) is 12.2. The molecule has 4 nitrogen and oxygen atoms in total. The average Bonchev–Trinajstić information content (AvgIpc) is 2.95. The SMILES string of the molecule is O=S(Cc1ccn(Cc2ccccc2)n1)c1cccc(O)c1. The van der Waals surface area contributed by atoms with Crippen molar-refractivity contribution in [1.29, 1.82) is 0 Å². The summed E-state index contributed by atoms with van der Waals surface area (Å²) < 4.78 is 14.1. The third-order valence-electron chi connectivity index (χ3n) is 3.24. The molecule has 0 saturated carbocycles. The maximum atomic E-state index is 12.3. The number of nitrogens with zero attached hydrogens (tertiary/aromatic N) is 2. The molecule has 3 aromatic rings. The lowest BCUT2D eigenvalue weighted by molar-refractivity contribution is 0.473. The molecule has 0 bridgehead atoms. The van der Waals surface area contributed by atoms with Crippen molar-refractivity contribution in [3.63, 3.8) is 0 Å². The van der Waals surface area contributed by atoms with Crippen LogP contribution in [0.1, 0.15) is 11.3 Å². The number of phenols is 1. The van der Waals surface area contributed by atoms with Gasteiger partial charge in [-0.3, -0.25) is 8.89 Å². The molecular weight excluding hydrogens is 296 g/mol. The molecule has 1 aromatic heterocycles. The number of benzene rings is 2. The minimum Gasteiger partial charge on any atom is -0.508 e. The fraction of sp³-hybridized carbons (Fsp3) is 0.118. The van der Waals surface area contributed by atoms with Crippen LogP contribution in [-0.4, -0.2) is 19.1 Å².